The minimum atomic E-state index is -1.02. The van der Waals surface area contributed by atoms with Gasteiger partial charge in [0.15, 0.2) is 0 Å². The number of carbonyl (C=O) groups is 2. The lowest BCUT2D eigenvalue weighted by molar-refractivity contribution is -0.142. The molecule has 6 heteroatoms. The van der Waals surface area contributed by atoms with Crippen molar-refractivity contribution >= 4 is 17.6 Å². The van der Waals surface area contributed by atoms with Gasteiger partial charge in [0.25, 0.3) is 11.5 Å². The molecule has 0 atom stereocenters. The highest BCUT2D eigenvalue weighted by Crippen LogP contribution is 2.25. The number of aryl methyl sites for hydroxylation is 2. The Hall–Kier alpha value is -2.89. The number of hydrogen-bond donors (Lipinski definition) is 3. The Bertz CT molecular complexity index is 910. The first-order chi connectivity index (χ1) is 12.3. The van der Waals surface area contributed by atoms with Gasteiger partial charge in [-0.05, 0) is 68.9 Å². The van der Waals surface area contributed by atoms with Gasteiger partial charge < -0.3 is 15.4 Å². The highest BCUT2D eigenvalue weighted by Gasteiger charge is 2.29. The predicted molar refractivity (Wildman–Crippen MR) is 98.8 cm³/mol. The maximum absolute atomic E-state index is 12.5. The summed E-state index contributed by atoms with van der Waals surface area (Å²) in [5.74, 6) is -1.39. The number of nitrogens with one attached hydrogen (secondary N) is 2. The van der Waals surface area contributed by atoms with Crippen LogP contribution < -0.4 is 10.9 Å². The van der Waals surface area contributed by atoms with Crippen molar-refractivity contribution < 1.29 is 14.7 Å². The Morgan fingerprint density at radius 2 is 1.77 bits per heavy atom. The fraction of sp³-hybridized carbons (Fsp3) is 0.350. The van der Waals surface area contributed by atoms with Crippen LogP contribution in [-0.2, 0) is 23.1 Å². The van der Waals surface area contributed by atoms with Gasteiger partial charge in [0.05, 0.1) is 5.41 Å². The summed E-state index contributed by atoms with van der Waals surface area (Å²) in [6, 6.07) is 8.31. The van der Waals surface area contributed by atoms with Gasteiger partial charge in [-0.1, -0.05) is 12.1 Å². The standard InChI is InChI=1S/C20H22N2O4/c1-20(2,19(25)26)13-7-9-14(10-8-13)21-17(23)15-11-12-5-3-4-6-16(12)22-18(15)24/h7-11H,3-6H2,1-2H3,(H,21,23)(H,22,24)(H,25,26). The van der Waals surface area contributed by atoms with Gasteiger partial charge in [-0.2, -0.15) is 0 Å². The Labute approximate surface area is 151 Å². The van der Waals surface area contributed by atoms with Crippen molar-refractivity contribution in [3.05, 3.63) is 63.1 Å². The molecule has 0 saturated carbocycles. The van der Waals surface area contributed by atoms with Crippen LogP contribution in [0.5, 0.6) is 0 Å². The van der Waals surface area contributed by atoms with Crippen LogP contribution in [0.25, 0.3) is 0 Å². The molecule has 26 heavy (non-hydrogen) atoms. The normalized spacial score (nSPS) is 13.8. The Balaban J connectivity index is 1.80. The summed E-state index contributed by atoms with van der Waals surface area (Å²) in [6.07, 6.45) is 3.81. The number of fused-ring (bicyclic) bond motifs is 1. The van der Waals surface area contributed by atoms with Gasteiger partial charge in [-0.25, -0.2) is 0 Å². The quantitative estimate of drug-likeness (QED) is 0.786. The third-order valence-electron chi connectivity index (χ3n) is 4.98. The highest BCUT2D eigenvalue weighted by molar-refractivity contribution is 6.04. The second-order valence-corrected chi connectivity index (χ2v) is 7.18. The largest absolute Gasteiger partial charge is 0.481 e. The molecule has 1 amide bonds. The number of pyridine rings is 1. The first-order valence-corrected chi connectivity index (χ1v) is 8.69. The number of carboxylic acids is 1. The second-order valence-electron chi connectivity index (χ2n) is 7.18. The van der Waals surface area contributed by atoms with Crippen LogP contribution in [0.1, 0.15) is 53.9 Å². The molecule has 2 aromatic rings. The van der Waals surface area contributed by atoms with Crippen LogP contribution in [0.15, 0.2) is 35.1 Å². The summed E-state index contributed by atoms with van der Waals surface area (Å²) in [5.41, 5.74) is 1.80. The molecule has 6 nitrogen and oxygen atoms in total. The summed E-state index contributed by atoms with van der Waals surface area (Å²) in [7, 11) is 0. The molecule has 0 spiro atoms. The van der Waals surface area contributed by atoms with E-state index in [2.05, 4.69) is 10.3 Å². The fourth-order valence-electron chi connectivity index (χ4n) is 3.14. The second kappa shape index (κ2) is 6.78. The number of aromatic amines is 1. The number of amides is 1. The van der Waals surface area contributed by atoms with E-state index in [9.17, 15) is 19.5 Å². The van der Waals surface area contributed by atoms with Gasteiger partial charge >= 0.3 is 5.97 Å². The van der Waals surface area contributed by atoms with Crippen molar-refractivity contribution in [1.29, 1.82) is 0 Å². The summed E-state index contributed by atoms with van der Waals surface area (Å²) in [5, 5.41) is 12.0. The molecule has 0 aliphatic heterocycles. The smallest absolute Gasteiger partial charge is 0.313 e. The molecule has 1 aliphatic rings. The van der Waals surface area contributed by atoms with Crippen LogP contribution in [0.2, 0.25) is 0 Å². The number of aromatic nitrogens is 1. The summed E-state index contributed by atoms with van der Waals surface area (Å²) in [6.45, 7) is 3.24. The zero-order chi connectivity index (χ0) is 18.9. The van der Waals surface area contributed by atoms with E-state index in [4.69, 9.17) is 0 Å². The van der Waals surface area contributed by atoms with E-state index in [1.807, 2.05) is 0 Å². The fourth-order valence-corrected chi connectivity index (χ4v) is 3.14. The zero-order valence-corrected chi connectivity index (χ0v) is 14.9. The summed E-state index contributed by atoms with van der Waals surface area (Å²) < 4.78 is 0. The van der Waals surface area contributed by atoms with Crippen molar-refractivity contribution in [2.45, 2.75) is 44.9 Å². The van der Waals surface area contributed by atoms with E-state index < -0.39 is 17.3 Å². The number of aliphatic carboxylic acids is 1. The number of carboxylic acid groups (broad SMARTS) is 1. The Morgan fingerprint density at radius 1 is 1.12 bits per heavy atom. The lowest BCUT2D eigenvalue weighted by Crippen LogP contribution is -2.28. The molecule has 0 radical (unpaired) electrons. The van der Waals surface area contributed by atoms with Crippen LogP contribution in [-0.4, -0.2) is 22.0 Å². The molecule has 136 valence electrons. The van der Waals surface area contributed by atoms with Gasteiger partial charge in [-0.15, -0.1) is 0 Å². The number of hydrogen-bond acceptors (Lipinski definition) is 3. The lowest BCUT2D eigenvalue weighted by atomic mass is 9.85. The van der Waals surface area contributed by atoms with Crippen molar-refractivity contribution in [3.63, 3.8) is 0 Å². The van der Waals surface area contributed by atoms with Crippen LogP contribution in [0.4, 0.5) is 5.69 Å². The van der Waals surface area contributed by atoms with Gasteiger partial charge in [0.2, 0.25) is 0 Å². The van der Waals surface area contributed by atoms with Crippen LogP contribution in [0, 0.1) is 0 Å². The van der Waals surface area contributed by atoms with E-state index in [1.54, 1.807) is 44.2 Å². The molecule has 0 fully saturated rings. The first kappa shape index (κ1) is 17.9. The van der Waals surface area contributed by atoms with Crippen LogP contribution in [0.3, 0.4) is 0 Å². The molecular formula is C20H22N2O4. The third-order valence-corrected chi connectivity index (χ3v) is 4.98. The van der Waals surface area contributed by atoms with E-state index in [-0.39, 0.29) is 11.1 Å². The average Bonchev–Trinajstić information content (AvgIpc) is 2.61. The number of rotatable bonds is 4. The zero-order valence-electron chi connectivity index (χ0n) is 14.9. The third kappa shape index (κ3) is 3.40. The molecular weight excluding hydrogens is 332 g/mol. The topological polar surface area (TPSA) is 99.3 Å². The predicted octanol–water partition coefficient (Wildman–Crippen LogP) is 2.87. The lowest BCUT2D eigenvalue weighted by Gasteiger charge is -2.20. The number of anilines is 1. The molecule has 1 aromatic carbocycles. The molecule has 0 bridgehead atoms. The SMILES string of the molecule is CC(C)(C(=O)O)c1ccc(NC(=O)c2cc3c([nH]c2=O)CCCC3)cc1. The number of H-pyrrole nitrogens is 1. The van der Waals surface area contributed by atoms with Gasteiger partial charge in [-0.3, -0.25) is 14.4 Å². The first-order valence-electron chi connectivity index (χ1n) is 8.69. The molecule has 1 aromatic heterocycles. The molecule has 0 unspecified atom stereocenters. The molecule has 3 N–H and O–H groups in total. The Morgan fingerprint density at radius 3 is 2.42 bits per heavy atom. The monoisotopic (exact) mass is 354 g/mol. The summed E-state index contributed by atoms with van der Waals surface area (Å²) >= 11 is 0. The van der Waals surface area contributed by atoms with E-state index in [0.717, 1.165) is 36.9 Å². The Kier molecular flexibility index (Phi) is 4.68. The minimum absolute atomic E-state index is 0.0978. The maximum atomic E-state index is 12.5. The van der Waals surface area contributed by atoms with Gasteiger partial charge in [0.1, 0.15) is 5.56 Å². The number of carbonyl (C=O) groups excluding carboxylic acids is 1. The molecule has 1 heterocycles. The van der Waals surface area contributed by atoms with Crippen molar-refractivity contribution in [3.8, 4) is 0 Å². The maximum Gasteiger partial charge on any atom is 0.313 e. The molecule has 3 rings (SSSR count). The van der Waals surface area contributed by atoms with Crippen molar-refractivity contribution in [2.24, 2.45) is 0 Å². The van der Waals surface area contributed by atoms with Crippen LogP contribution >= 0.6 is 0 Å². The minimum Gasteiger partial charge on any atom is -0.481 e. The molecule has 0 saturated heterocycles. The average molecular weight is 354 g/mol. The highest BCUT2D eigenvalue weighted by atomic mass is 16.4. The van der Waals surface area contributed by atoms with Crippen molar-refractivity contribution in [1.82, 2.24) is 4.98 Å². The summed E-state index contributed by atoms with van der Waals surface area (Å²) in [4.78, 5) is 38.8. The van der Waals surface area contributed by atoms with Crippen molar-refractivity contribution in [2.75, 3.05) is 5.32 Å². The van der Waals surface area contributed by atoms with E-state index >= 15 is 0 Å². The van der Waals surface area contributed by atoms with Gasteiger partial charge in [0, 0.05) is 11.4 Å². The number of benzene rings is 1. The van der Waals surface area contributed by atoms with E-state index in [0.29, 0.717) is 11.3 Å². The molecule has 1 aliphatic carbocycles. The van der Waals surface area contributed by atoms with E-state index in [1.165, 1.54) is 0 Å².